The first-order valence-corrected chi connectivity index (χ1v) is 8.48. The highest BCUT2D eigenvalue weighted by Crippen LogP contribution is 2.39. The maximum absolute atomic E-state index is 4.58. The second-order valence-corrected chi connectivity index (χ2v) is 6.98. The fourth-order valence-corrected chi connectivity index (χ4v) is 4.42. The molecule has 3 aromatic rings. The number of aryl methyl sites for hydroxylation is 3. The smallest absolute Gasteiger partial charge is 0.141 e. The van der Waals surface area contributed by atoms with Crippen LogP contribution in [0, 0.1) is 0 Å². The topological polar surface area (TPSA) is 46.8 Å². The fraction of sp³-hybridized carbons (Fsp3) is 0.438. The maximum atomic E-state index is 4.58. The predicted octanol–water partition coefficient (Wildman–Crippen LogP) is 2.94. The molecule has 5 nitrogen and oxygen atoms in total. The van der Waals surface area contributed by atoms with Crippen LogP contribution in [0.25, 0.3) is 10.2 Å². The lowest BCUT2D eigenvalue weighted by molar-refractivity contribution is 0.699. The average molecular weight is 313 g/mol. The zero-order chi connectivity index (χ0) is 15.1. The molecule has 1 aliphatic carbocycles. The van der Waals surface area contributed by atoms with E-state index >= 15 is 0 Å². The number of thiophene rings is 1. The molecule has 0 saturated carbocycles. The quantitative estimate of drug-likeness (QED) is 0.746. The maximum Gasteiger partial charge on any atom is 0.141 e. The molecule has 4 rings (SSSR count). The molecule has 0 fully saturated rings. The van der Waals surface area contributed by atoms with Crippen molar-refractivity contribution in [3.05, 3.63) is 35.0 Å². The van der Waals surface area contributed by atoms with Gasteiger partial charge < -0.3 is 9.47 Å². The molecule has 3 aromatic heterocycles. The summed E-state index contributed by atoms with van der Waals surface area (Å²) in [6, 6.07) is 0. The Morgan fingerprint density at radius 2 is 2.09 bits per heavy atom. The molecular formula is C16H19N5S. The molecule has 0 spiro atoms. The number of hydrogen-bond acceptors (Lipinski definition) is 5. The average Bonchev–Trinajstić information content (AvgIpc) is 3.10. The van der Waals surface area contributed by atoms with Crippen LogP contribution in [0.5, 0.6) is 0 Å². The van der Waals surface area contributed by atoms with Gasteiger partial charge in [-0.1, -0.05) is 0 Å². The minimum atomic E-state index is 0.750. The van der Waals surface area contributed by atoms with Gasteiger partial charge in [-0.05, 0) is 31.2 Å². The third-order valence-electron chi connectivity index (χ3n) is 4.39. The summed E-state index contributed by atoms with van der Waals surface area (Å²) in [5.41, 5.74) is 1.48. The Kier molecular flexibility index (Phi) is 3.33. The Bertz CT molecular complexity index is 819. The summed E-state index contributed by atoms with van der Waals surface area (Å²) in [5.74, 6) is 2.07. The van der Waals surface area contributed by atoms with Crippen molar-refractivity contribution in [3.8, 4) is 0 Å². The first kappa shape index (κ1) is 13.7. The summed E-state index contributed by atoms with van der Waals surface area (Å²) >= 11 is 1.84. The van der Waals surface area contributed by atoms with Gasteiger partial charge in [0.15, 0.2) is 0 Å². The van der Waals surface area contributed by atoms with Crippen LogP contribution in [0.2, 0.25) is 0 Å². The number of anilines is 1. The molecule has 1 aliphatic rings. The zero-order valence-electron chi connectivity index (χ0n) is 12.9. The number of aromatic nitrogens is 4. The number of imidazole rings is 1. The molecule has 3 heterocycles. The SMILES string of the molecule is CN(Cc1nccn1C)c1ncnc2sc3c(c12)CCCC3. The molecule has 0 saturated heterocycles. The van der Waals surface area contributed by atoms with Crippen molar-refractivity contribution in [1.82, 2.24) is 19.5 Å². The Balaban J connectivity index is 1.77. The molecule has 0 N–H and O–H groups in total. The normalized spacial score (nSPS) is 14.3. The molecule has 0 aliphatic heterocycles. The van der Waals surface area contributed by atoms with E-state index in [0.29, 0.717) is 0 Å². The van der Waals surface area contributed by atoms with Crippen molar-refractivity contribution < 1.29 is 0 Å². The van der Waals surface area contributed by atoms with Crippen LogP contribution in [0.1, 0.15) is 29.1 Å². The van der Waals surface area contributed by atoms with Gasteiger partial charge in [-0.25, -0.2) is 15.0 Å². The van der Waals surface area contributed by atoms with Crippen LogP contribution in [0.4, 0.5) is 5.82 Å². The largest absolute Gasteiger partial charge is 0.352 e. The van der Waals surface area contributed by atoms with Crippen LogP contribution in [-0.2, 0) is 26.4 Å². The number of fused-ring (bicyclic) bond motifs is 3. The molecule has 6 heteroatoms. The zero-order valence-corrected chi connectivity index (χ0v) is 13.7. The molecule has 0 unspecified atom stereocenters. The van der Waals surface area contributed by atoms with E-state index in [1.54, 1.807) is 6.33 Å². The number of nitrogens with zero attached hydrogens (tertiary/aromatic N) is 5. The highest BCUT2D eigenvalue weighted by atomic mass is 32.1. The van der Waals surface area contributed by atoms with E-state index in [9.17, 15) is 0 Å². The Morgan fingerprint density at radius 1 is 1.23 bits per heavy atom. The van der Waals surface area contributed by atoms with Gasteiger partial charge in [0.05, 0.1) is 11.9 Å². The van der Waals surface area contributed by atoms with Crippen LogP contribution in [0.15, 0.2) is 18.7 Å². The second kappa shape index (κ2) is 5.35. The van der Waals surface area contributed by atoms with Crippen LogP contribution in [0.3, 0.4) is 0 Å². The molecule has 0 radical (unpaired) electrons. The van der Waals surface area contributed by atoms with Gasteiger partial charge in [0.1, 0.15) is 22.8 Å². The summed E-state index contributed by atoms with van der Waals surface area (Å²) in [5, 5.41) is 1.26. The van der Waals surface area contributed by atoms with Gasteiger partial charge in [0.25, 0.3) is 0 Å². The van der Waals surface area contributed by atoms with Crippen molar-refractivity contribution in [2.24, 2.45) is 7.05 Å². The highest BCUT2D eigenvalue weighted by molar-refractivity contribution is 7.19. The van der Waals surface area contributed by atoms with Crippen molar-refractivity contribution in [1.29, 1.82) is 0 Å². The van der Waals surface area contributed by atoms with Gasteiger partial charge in [0, 0.05) is 31.4 Å². The monoisotopic (exact) mass is 313 g/mol. The third-order valence-corrected chi connectivity index (χ3v) is 5.59. The minimum absolute atomic E-state index is 0.750. The first-order chi connectivity index (χ1) is 10.7. The Hall–Kier alpha value is -1.95. The minimum Gasteiger partial charge on any atom is -0.352 e. The lowest BCUT2D eigenvalue weighted by Crippen LogP contribution is -2.20. The molecule has 0 aromatic carbocycles. The van der Waals surface area contributed by atoms with E-state index in [0.717, 1.165) is 29.4 Å². The molecule has 114 valence electrons. The van der Waals surface area contributed by atoms with Crippen LogP contribution < -0.4 is 4.90 Å². The van der Waals surface area contributed by atoms with E-state index < -0.39 is 0 Å². The summed E-state index contributed by atoms with van der Waals surface area (Å²) in [7, 11) is 4.11. The molecular weight excluding hydrogens is 294 g/mol. The van der Waals surface area contributed by atoms with Gasteiger partial charge in [-0.2, -0.15) is 0 Å². The lowest BCUT2D eigenvalue weighted by atomic mass is 9.97. The Morgan fingerprint density at radius 3 is 2.91 bits per heavy atom. The van der Waals surface area contributed by atoms with Crippen LogP contribution in [-0.4, -0.2) is 26.6 Å². The Labute approximate surface area is 133 Å². The van der Waals surface area contributed by atoms with E-state index in [-0.39, 0.29) is 0 Å². The molecule has 0 atom stereocenters. The van der Waals surface area contributed by atoms with E-state index in [2.05, 4.69) is 31.5 Å². The van der Waals surface area contributed by atoms with Gasteiger partial charge >= 0.3 is 0 Å². The predicted molar refractivity (Wildman–Crippen MR) is 89.4 cm³/mol. The van der Waals surface area contributed by atoms with Crippen molar-refractivity contribution in [2.75, 3.05) is 11.9 Å². The fourth-order valence-electron chi connectivity index (χ4n) is 3.20. The first-order valence-electron chi connectivity index (χ1n) is 7.66. The van der Waals surface area contributed by atoms with Crippen LogP contribution >= 0.6 is 11.3 Å². The molecule has 0 amide bonds. The van der Waals surface area contributed by atoms with E-state index in [1.165, 1.54) is 35.1 Å². The van der Waals surface area contributed by atoms with Crippen molar-refractivity contribution in [3.63, 3.8) is 0 Å². The van der Waals surface area contributed by atoms with E-state index in [1.807, 2.05) is 30.8 Å². The van der Waals surface area contributed by atoms with Crippen molar-refractivity contribution >= 4 is 27.4 Å². The second-order valence-electron chi connectivity index (χ2n) is 5.90. The molecule has 0 bridgehead atoms. The number of hydrogen-bond donors (Lipinski definition) is 0. The summed E-state index contributed by atoms with van der Waals surface area (Å²) in [6.07, 6.45) is 10.4. The lowest BCUT2D eigenvalue weighted by Gasteiger charge is -2.20. The van der Waals surface area contributed by atoms with Gasteiger partial charge in [-0.15, -0.1) is 11.3 Å². The third kappa shape index (κ3) is 2.18. The summed E-state index contributed by atoms with van der Waals surface area (Å²) < 4.78 is 2.05. The van der Waals surface area contributed by atoms with Crippen molar-refractivity contribution in [2.45, 2.75) is 32.2 Å². The van der Waals surface area contributed by atoms with Gasteiger partial charge in [-0.3, -0.25) is 0 Å². The highest BCUT2D eigenvalue weighted by Gasteiger charge is 2.21. The molecule has 22 heavy (non-hydrogen) atoms. The number of rotatable bonds is 3. The van der Waals surface area contributed by atoms with Gasteiger partial charge in [0.2, 0.25) is 0 Å². The standard InChI is InChI=1S/C16H19N5S/c1-20-8-7-17-13(20)9-21(2)15-14-11-5-3-4-6-12(11)22-16(14)19-10-18-15/h7-8,10H,3-6,9H2,1-2H3. The summed E-state index contributed by atoms with van der Waals surface area (Å²) in [6.45, 7) is 0.750. The summed E-state index contributed by atoms with van der Waals surface area (Å²) in [4.78, 5) is 18.3. The van der Waals surface area contributed by atoms with E-state index in [4.69, 9.17) is 0 Å².